The van der Waals surface area contributed by atoms with Gasteiger partial charge in [0.25, 0.3) is 5.91 Å². The van der Waals surface area contributed by atoms with E-state index in [0.717, 1.165) is 19.3 Å². The van der Waals surface area contributed by atoms with Crippen molar-refractivity contribution in [2.24, 2.45) is 0 Å². The lowest BCUT2D eigenvalue weighted by Crippen LogP contribution is -2.51. The van der Waals surface area contributed by atoms with Gasteiger partial charge in [0.15, 0.2) is 5.69 Å². The normalized spacial score (nSPS) is 23.8. The molecule has 2 atom stereocenters. The van der Waals surface area contributed by atoms with Gasteiger partial charge in [-0.1, -0.05) is 6.07 Å². The Balaban J connectivity index is 1.57. The zero-order valence-corrected chi connectivity index (χ0v) is 12.7. The van der Waals surface area contributed by atoms with Crippen LogP contribution in [0.5, 0.6) is 0 Å². The van der Waals surface area contributed by atoms with Gasteiger partial charge in [-0.2, -0.15) is 5.10 Å². The maximum Gasteiger partial charge on any atom is 0.274 e. The van der Waals surface area contributed by atoms with Crippen molar-refractivity contribution in [3.63, 3.8) is 0 Å². The van der Waals surface area contributed by atoms with E-state index in [4.69, 9.17) is 4.74 Å². The number of amides is 1. The topological polar surface area (TPSA) is 47.4 Å². The molecule has 1 aliphatic carbocycles. The lowest BCUT2D eigenvalue weighted by Gasteiger charge is -2.37. The molecule has 1 aromatic heterocycles. The minimum absolute atomic E-state index is 0.0691. The number of aromatic nitrogens is 2. The van der Waals surface area contributed by atoms with E-state index in [2.05, 4.69) is 5.10 Å². The van der Waals surface area contributed by atoms with Crippen LogP contribution in [0.4, 0.5) is 4.39 Å². The maximum atomic E-state index is 13.3. The lowest BCUT2D eigenvalue weighted by atomic mass is 10.1. The number of ether oxygens (including phenoxy) is 1. The zero-order chi connectivity index (χ0) is 15.8. The Kier molecular flexibility index (Phi) is 3.61. The molecule has 120 valence electrons. The van der Waals surface area contributed by atoms with Gasteiger partial charge in [-0.25, -0.2) is 9.07 Å². The van der Waals surface area contributed by atoms with E-state index < -0.39 is 0 Å². The molecular formula is C17H18FN3O2. The average molecular weight is 315 g/mol. The predicted octanol–water partition coefficient (Wildman–Crippen LogP) is 2.40. The van der Waals surface area contributed by atoms with E-state index in [-0.39, 0.29) is 23.9 Å². The van der Waals surface area contributed by atoms with E-state index in [1.54, 1.807) is 24.4 Å². The summed E-state index contributed by atoms with van der Waals surface area (Å²) in [5.74, 6) is -0.395. The Bertz CT molecular complexity index is 730. The van der Waals surface area contributed by atoms with Crippen LogP contribution in [-0.4, -0.2) is 45.9 Å². The molecule has 0 unspecified atom stereocenters. The first-order chi connectivity index (χ1) is 11.2. The number of rotatable bonds is 2. The van der Waals surface area contributed by atoms with Crippen molar-refractivity contribution < 1.29 is 13.9 Å². The molecule has 2 fully saturated rings. The van der Waals surface area contributed by atoms with E-state index in [1.807, 2.05) is 4.90 Å². The van der Waals surface area contributed by atoms with Gasteiger partial charge in [-0.05, 0) is 43.5 Å². The van der Waals surface area contributed by atoms with Gasteiger partial charge in [0.05, 0.1) is 24.4 Å². The highest BCUT2D eigenvalue weighted by molar-refractivity contribution is 5.92. The monoisotopic (exact) mass is 315 g/mol. The second-order valence-electron chi connectivity index (χ2n) is 6.03. The quantitative estimate of drug-likeness (QED) is 0.855. The standard InChI is InChI=1S/C17H18FN3O2/c18-12-3-1-4-13(11-12)21-8-7-14(19-21)17(22)20-9-10-23-16-6-2-5-15(16)20/h1,3-4,7-8,11,15-16H,2,5-6,9-10H2/t15-,16-/m0/s1. The van der Waals surface area contributed by atoms with Crippen molar-refractivity contribution in [3.05, 3.63) is 48.0 Å². The van der Waals surface area contributed by atoms with E-state index in [0.29, 0.717) is 24.5 Å². The molecule has 1 amide bonds. The van der Waals surface area contributed by atoms with Crippen molar-refractivity contribution >= 4 is 5.91 Å². The summed E-state index contributed by atoms with van der Waals surface area (Å²) in [5.41, 5.74) is 0.992. The number of hydrogen-bond acceptors (Lipinski definition) is 3. The fourth-order valence-corrected chi connectivity index (χ4v) is 3.53. The molecule has 0 radical (unpaired) electrons. The number of carbonyl (C=O) groups is 1. The first-order valence-electron chi connectivity index (χ1n) is 7.96. The largest absolute Gasteiger partial charge is 0.374 e. The fourth-order valence-electron chi connectivity index (χ4n) is 3.53. The number of benzene rings is 1. The first kappa shape index (κ1) is 14.4. The predicted molar refractivity (Wildman–Crippen MR) is 81.9 cm³/mol. The minimum atomic E-state index is -0.326. The van der Waals surface area contributed by atoms with Gasteiger partial charge >= 0.3 is 0 Å². The van der Waals surface area contributed by atoms with Crippen LogP contribution in [0.3, 0.4) is 0 Å². The second kappa shape index (κ2) is 5.77. The summed E-state index contributed by atoms with van der Waals surface area (Å²) in [7, 11) is 0. The molecule has 4 rings (SSSR count). The van der Waals surface area contributed by atoms with Crippen LogP contribution in [0.25, 0.3) is 5.69 Å². The van der Waals surface area contributed by atoms with Crippen molar-refractivity contribution in [2.45, 2.75) is 31.4 Å². The number of fused-ring (bicyclic) bond motifs is 1. The van der Waals surface area contributed by atoms with Crippen LogP contribution in [-0.2, 0) is 4.74 Å². The van der Waals surface area contributed by atoms with E-state index in [1.165, 1.54) is 16.8 Å². The number of nitrogens with zero attached hydrogens (tertiary/aromatic N) is 3. The highest BCUT2D eigenvalue weighted by Crippen LogP contribution is 2.30. The molecule has 1 saturated heterocycles. The van der Waals surface area contributed by atoms with Crippen LogP contribution in [0, 0.1) is 5.82 Å². The molecule has 0 N–H and O–H groups in total. The molecule has 2 aliphatic rings. The summed E-state index contributed by atoms with van der Waals surface area (Å²) in [6.45, 7) is 1.18. The Morgan fingerprint density at radius 1 is 1.30 bits per heavy atom. The van der Waals surface area contributed by atoms with Gasteiger partial charge in [0, 0.05) is 12.7 Å². The van der Waals surface area contributed by atoms with Crippen molar-refractivity contribution in [1.29, 1.82) is 0 Å². The molecule has 23 heavy (non-hydrogen) atoms. The molecule has 6 heteroatoms. The lowest BCUT2D eigenvalue weighted by molar-refractivity contribution is -0.0447. The minimum Gasteiger partial charge on any atom is -0.374 e. The van der Waals surface area contributed by atoms with Crippen LogP contribution in [0.1, 0.15) is 29.8 Å². The van der Waals surface area contributed by atoms with E-state index in [9.17, 15) is 9.18 Å². The summed E-state index contributed by atoms with van der Waals surface area (Å²) < 4.78 is 20.6. The molecular weight excluding hydrogens is 297 g/mol. The van der Waals surface area contributed by atoms with Crippen molar-refractivity contribution in [3.8, 4) is 5.69 Å². The molecule has 5 nitrogen and oxygen atoms in total. The van der Waals surface area contributed by atoms with Gasteiger partial charge in [-0.3, -0.25) is 4.79 Å². The van der Waals surface area contributed by atoms with Crippen molar-refractivity contribution in [2.75, 3.05) is 13.2 Å². The van der Waals surface area contributed by atoms with Gasteiger partial charge in [-0.15, -0.1) is 0 Å². The first-order valence-corrected chi connectivity index (χ1v) is 7.96. The Hall–Kier alpha value is -2.21. The summed E-state index contributed by atoms with van der Waals surface area (Å²) in [5, 5.41) is 4.33. The fraction of sp³-hybridized carbons (Fsp3) is 0.412. The number of hydrogen-bond donors (Lipinski definition) is 0. The highest BCUT2D eigenvalue weighted by Gasteiger charge is 2.39. The molecule has 1 aliphatic heterocycles. The summed E-state index contributed by atoms with van der Waals surface area (Å²) in [6.07, 6.45) is 4.96. The van der Waals surface area contributed by atoms with Gasteiger partial charge in [0.1, 0.15) is 5.82 Å². The van der Waals surface area contributed by atoms with Crippen LogP contribution < -0.4 is 0 Å². The molecule has 2 heterocycles. The SMILES string of the molecule is O=C(c1ccn(-c2cccc(F)c2)n1)N1CCO[C@H]2CCC[C@@H]21. The third kappa shape index (κ3) is 2.63. The smallest absolute Gasteiger partial charge is 0.274 e. The molecule has 0 bridgehead atoms. The molecule has 2 aromatic rings. The molecule has 1 aromatic carbocycles. The third-order valence-electron chi connectivity index (χ3n) is 4.62. The number of carbonyl (C=O) groups excluding carboxylic acids is 1. The Morgan fingerprint density at radius 2 is 2.22 bits per heavy atom. The Morgan fingerprint density at radius 3 is 3.09 bits per heavy atom. The zero-order valence-electron chi connectivity index (χ0n) is 12.7. The molecule has 1 saturated carbocycles. The van der Waals surface area contributed by atoms with Crippen LogP contribution >= 0.6 is 0 Å². The maximum absolute atomic E-state index is 13.3. The van der Waals surface area contributed by atoms with Gasteiger partial charge in [0.2, 0.25) is 0 Å². The summed E-state index contributed by atoms with van der Waals surface area (Å²) in [6, 6.07) is 8.00. The van der Waals surface area contributed by atoms with E-state index >= 15 is 0 Å². The second-order valence-corrected chi connectivity index (χ2v) is 6.03. The van der Waals surface area contributed by atoms with Crippen LogP contribution in [0.15, 0.2) is 36.5 Å². The Labute approximate surface area is 133 Å². The highest BCUT2D eigenvalue weighted by atomic mass is 19.1. The average Bonchev–Trinajstić information content (AvgIpc) is 3.23. The molecule has 0 spiro atoms. The summed E-state index contributed by atoms with van der Waals surface area (Å²) >= 11 is 0. The van der Waals surface area contributed by atoms with Crippen molar-refractivity contribution in [1.82, 2.24) is 14.7 Å². The third-order valence-corrected chi connectivity index (χ3v) is 4.62. The number of morpholine rings is 1. The van der Waals surface area contributed by atoms with Gasteiger partial charge < -0.3 is 9.64 Å². The van der Waals surface area contributed by atoms with Crippen LogP contribution in [0.2, 0.25) is 0 Å². The number of halogens is 1. The summed E-state index contributed by atoms with van der Waals surface area (Å²) in [4.78, 5) is 14.7.